The summed E-state index contributed by atoms with van der Waals surface area (Å²) in [4.78, 5) is 21.7. The Morgan fingerprint density at radius 1 is 1.15 bits per heavy atom. The van der Waals surface area contributed by atoms with Gasteiger partial charge in [-0.1, -0.05) is 17.7 Å². The van der Waals surface area contributed by atoms with Crippen molar-refractivity contribution in [3.8, 4) is 5.82 Å². The van der Waals surface area contributed by atoms with Crippen LogP contribution in [0.2, 0.25) is 5.02 Å². The number of pyridine rings is 1. The van der Waals surface area contributed by atoms with Crippen LogP contribution in [0.25, 0.3) is 5.82 Å². The van der Waals surface area contributed by atoms with Crippen LogP contribution in [0, 0.1) is 6.92 Å². The van der Waals surface area contributed by atoms with Gasteiger partial charge in [-0.2, -0.15) is 5.10 Å². The van der Waals surface area contributed by atoms with Gasteiger partial charge in [0.05, 0.1) is 28.8 Å². The Bertz CT molecular complexity index is 985. The first kappa shape index (κ1) is 17.5. The molecule has 3 aromatic rings. The van der Waals surface area contributed by atoms with Crippen LogP contribution in [-0.2, 0) is 0 Å². The first-order valence-corrected chi connectivity index (χ1v) is 9.22. The van der Waals surface area contributed by atoms with Gasteiger partial charge in [-0.3, -0.25) is 4.79 Å². The summed E-state index contributed by atoms with van der Waals surface area (Å²) in [7, 11) is 2.03. The van der Waals surface area contributed by atoms with E-state index in [9.17, 15) is 4.79 Å². The summed E-state index contributed by atoms with van der Waals surface area (Å²) >= 11 is 6.23. The molecule has 0 N–H and O–H groups in total. The average molecular weight is 382 g/mol. The van der Waals surface area contributed by atoms with Gasteiger partial charge in [-0.15, -0.1) is 0 Å². The third-order valence-corrected chi connectivity index (χ3v) is 5.10. The number of hydrogen-bond acceptors (Lipinski definition) is 4. The Balaban J connectivity index is 1.75. The highest BCUT2D eigenvalue weighted by Gasteiger charge is 2.27. The first-order valence-electron chi connectivity index (χ1n) is 8.85. The molecule has 0 atom stereocenters. The summed E-state index contributed by atoms with van der Waals surface area (Å²) in [6, 6.07) is 11.3. The zero-order valence-electron chi connectivity index (χ0n) is 15.3. The van der Waals surface area contributed by atoms with Crippen molar-refractivity contribution < 1.29 is 4.79 Å². The van der Waals surface area contributed by atoms with Gasteiger partial charge in [-0.05, 0) is 43.7 Å². The molecule has 0 bridgehead atoms. The van der Waals surface area contributed by atoms with Gasteiger partial charge in [0.2, 0.25) is 0 Å². The van der Waals surface area contributed by atoms with Gasteiger partial charge in [-0.25, -0.2) is 9.67 Å². The van der Waals surface area contributed by atoms with Crippen molar-refractivity contribution >= 4 is 28.9 Å². The molecule has 0 saturated heterocycles. The molecule has 0 fully saturated rings. The van der Waals surface area contributed by atoms with Gasteiger partial charge >= 0.3 is 0 Å². The minimum absolute atomic E-state index is 0.0755. The van der Waals surface area contributed by atoms with Crippen LogP contribution >= 0.6 is 11.6 Å². The van der Waals surface area contributed by atoms with E-state index in [1.807, 2.05) is 50.4 Å². The van der Waals surface area contributed by atoms with E-state index >= 15 is 0 Å². The van der Waals surface area contributed by atoms with Gasteiger partial charge in [0.1, 0.15) is 0 Å². The van der Waals surface area contributed by atoms with E-state index in [4.69, 9.17) is 11.6 Å². The number of fused-ring (bicyclic) bond motifs is 1. The second-order valence-electron chi connectivity index (χ2n) is 6.61. The maximum absolute atomic E-state index is 13.4. The highest BCUT2D eigenvalue weighted by molar-refractivity contribution is 6.31. The third kappa shape index (κ3) is 3.17. The molecule has 7 heteroatoms. The summed E-state index contributed by atoms with van der Waals surface area (Å²) in [5.41, 5.74) is 3.16. The monoisotopic (exact) mass is 381 g/mol. The molecule has 0 aliphatic carbocycles. The average Bonchev–Trinajstić information content (AvgIpc) is 2.98. The summed E-state index contributed by atoms with van der Waals surface area (Å²) < 4.78 is 1.69. The Labute approximate surface area is 163 Å². The molecule has 27 heavy (non-hydrogen) atoms. The highest BCUT2D eigenvalue weighted by atomic mass is 35.5. The Morgan fingerprint density at radius 2 is 2.00 bits per heavy atom. The van der Waals surface area contributed by atoms with Crippen molar-refractivity contribution in [2.45, 2.75) is 13.3 Å². The van der Waals surface area contributed by atoms with E-state index in [0.29, 0.717) is 22.9 Å². The standard InChI is InChI=1S/C20H20ClN5O/c1-14-16(13-23-26(14)19-6-3-4-9-22-19)20(27)25-11-5-10-24(2)17-8-7-15(21)12-18(17)25/h3-4,6-9,12-13H,5,10-11H2,1-2H3. The van der Waals surface area contributed by atoms with Crippen LogP contribution in [0.3, 0.4) is 0 Å². The van der Waals surface area contributed by atoms with Crippen LogP contribution in [0.4, 0.5) is 11.4 Å². The molecule has 4 rings (SSSR count). The Kier molecular flexibility index (Phi) is 4.58. The van der Waals surface area contributed by atoms with Crippen LogP contribution in [-0.4, -0.2) is 40.8 Å². The number of benzene rings is 1. The zero-order chi connectivity index (χ0) is 19.0. The van der Waals surface area contributed by atoms with Gasteiger partial charge in [0.25, 0.3) is 5.91 Å². The van der Waals surface area contributed by atoms with E-state index < -0.39 is 0 Å². The minimum atomic E-state index is -0.0755. The number of halogens is 1. The number of carbonyl (C=O) groups is 1. The fraction of sp³-hybridized carbons (Fsp3) is 0.250. The van der Waals surface area contributed by atoms with Gasteiger partial charge < -0.3 is 9.80 Å². The lowest BCUT2D eigenvalue weighted by Crippen LogP contribution is -2.32. The lowest BCUT2D eigenvalue weighted by atomic mass is 10.2. The quantitative estimate of drug-likeness (QED) is 0.679. The SMILES string of the molecule is Cc1c(C(=O)N2CCCN(C)c3ccc(Cl)cc32)cnn1-c1ccccn1. The molecule has 1 amide bonds. The van der Waals surface area contributed by atoms with E-state index in [1.165, 1.54) is 0 Å². The molecule has 1 aromatic carbocycles. The van der Waals surface area contributed by atoms with Crippen molar-refractivity contribution in [1.29, 1.82) is 0 Å². The summed E-state index contributed by atoms with van der Waals surface area (Å²) in [6.07, 6.45) is 4.20. The van der Waals surface area contributed by atoms with E-state index in [-0.39, 0.29) is 5.91 Å². The van der Waals surface area contributed by atoms with Gasteiger partial charge in [0.15, 0.2) is 5.82 Å². The lowest BCUT2D eigenvalue weighted by molar-refractivity contribution is 0.0986. The molecule has 0 saturated carbocycles. The number of amides is 1. The number of hydrogen-bond donors (Lipinski definition) is 0. The normalized spacial score (nSPS) is 14.0. The maximum atomic E-state index is 13.4. The third-order valence-electron chi connectivity index (χ3n) is 4.87. The van der Waals surface area contributed by atoms with Crippen molar-refractivity contribution in [3.05, 3.63) is 65.1 Å². The fourth-order valence-electron chi connectivity index (χ4n) is 3.43. The van der Waals surface area contributed by atoms with Crippen LogP contribution in [0.1, 0.15) is 22.5 Å². The number of nitrogens with zero attached hydrogens (tertiary/aromatic N) is 5. The number of aromatic nitrogens is 3. The summed E-state index contributed by atoms with van der Waals surface area (Å²) in [5.74, 6) is 0.613. The van der Waals surface area contributed by atoms with Crippen molar-refractivity contribution in [3.63, 3.8) is 0 Å². The molecule has 6 nitrogen and oxygen atoms in total. The number of rotatable bonds is 2. The topological polar surface area (TPSA) is 54.3 Å². The molecule has 0 unspecified atom stereocenters. The summed E-state index contributed by atoms with van der Waals surface area (Å²) in [5, 5.41) is 5.00. The van der Waals surface area contributed by atoms with Crippen LogP contribution in [0.5, 0.6) is 0 Å². The Morgan fingerprint density at radius 3 is 2.78 bits per heavy atom. The molecular formula is C20H20ClN5O. The molecule has 2 aromatic heterocycles. The lowest BCUT2D eigenvalue weighted by Gasteiger charge is -2.24. The zero-order valence-corrected chi connectivity index (χ0v) is 16.0. The second kappa shape index (κ2) is 7.04. The maximum Gasteiger partial charge on any atom is 0.261 e. The molecule has 138 valence electrons. The van der Waals surface area contributed by atoms with E-state index in [1.54, 1.807) is 22.0 Å². The van der Waals surface area contributed by atoms with Crippen molar-refractivity contribution in [2.24, 2.45) is 0 Å². The first-order chi connectivity index (χ1) is 13.1. The number of anilines is 2. The highest BCUT2D eigenvalue weighted by Crippen LogP contribution is 2.35. The predicted octanol–water partition coefficient (Wildman–Crippen LogP) is 3.72. The van der Waals surface area contributed by atoms with Crippen molar-refractivity contribution in [2.75, 3.05) is 29.9 Å². The summed E-state index contributed by atoms with van der Waals surface area (Å²) in [6.45, 7) is 3.40. The second-order valence-corrected chi connectivity index (χ2v) is 7.04. The van der Waals surface area contributed by atoms with E-state index in [2.05, 4.69) is 15.0 Å². The Hall–Kier alpha value is -2.86. The minimum Gasteiger partial charge on any atom is -0.373 e. The molecule has 0 spiro atoms. The molecule has 1 aliphatic rings. The predicted molar refractivity (Wildman–Crippen MR) is 107 cm³/mol. The van der Waals surface area contributed by atoms with E-state index in [0.717, 1.165) is 30.0 Å². The van der Waals surface area contributed by atoms with Gasteiger partial charge in [0, 0.05) is 31.4 Å². The molecule has 1 aliphatic heterocycles. The molecule has 3 heterocycles. The fourth-order valence-corrected chi connectivity index (χ4v) is 3.59. The van der Waals surface area contributed by atoms with Crippen molar-refractivity contribution in [1.82, 2.24) is 14.8 Å². The largest absolute Gasteiger partial charge is 0.373 e. The van der Waals surface area contributed by atoms with Crippen LogP contribution in [0.15, 0.2) is 48.8 Å². The smallest absolute Gasteiger partial charge is 0.261 e. The van der Waals surface area contributed by atoms with Crippen LogP contribution < -0.4 is 9.80 Å². The molecular weight excluding hydrogens is 362 g/mol. The molecule has 0 radical (unpaired) electrons. The number of carbonyl (C=O) groups excluding carboxylic acids is 1.